The molecule has 5 rings (SSSR count). The third kappa shape index (κ3) is 3.94. The van der Waals surface area contributed by atoms with Crippen LogP contribution in [0.3, 0.4) is 0 Å². The van der Waals surface area contributed by atoms with Crippen molar-refractivity contribution < 1.29 is 4.79 Å². The maximum atomic E-state index is 13.1. The minimum Gasteiger partial charge on any atom is -0.356 e. The molecule has 0 spiro atoms. The van der Waals surface area contributed by atoms with Crippen molar-refractivity contribution in [1.29, 1.82) is 0 Å². The van der Waals surface area contributed by atoms with E-state index in [-0.39, 0.29) is 11.8 Å². The molecule has 0 bridgehead atoms. The Morgan fingerprint density at radius 1 is 1.13 bits per heavy atom. The van der Waals surface area contributed by atoms with Crippen LogP contribution >= 0.6 is 0 Å². The number of para-hydroxylation sites is 1. The summed E-state index contributed by atoms with van der Waals surface area (Å²) in [5.74, 6) is 1.31. The molecule has 3 aromatic heterocycles. The second-order valence-electron chi connectivity index (χ2n) is 7.68. The fraction of sp³-hybridized carbons (Fsp3) is 0.273. The number of anilines is 2. The summed E-state index contributed by atoms with van der Waals surface area (Å²) in [5.41, 5.74) is 2.56. The smallest absolute Gasteiger partial charge is 0.229 e. The van der Waals surface area contributed by atoms with Crippen LogP contribution in [0.4, 0.5) is 11.5 Å². The third-order valence-corrected chi connectivity index (χ3v) is 5.51. The quantitative estimate of drug-likeness (QED) is 0.548. The van der Waals surface area contributed by atoms with Crippen LogP contribution in [0.2, 0.25) is 0 Å². The Morgan fingerprint density at radius 3 is 2.87 bits per heavy atom. The van der Waals surface area contributed by atoms with Gasteiger partial charge in [0.1, 0.15) is 24.8 Å². The Morgan fingerprint density at radius 2 is 2.00 bits per heavy atom. The van der Waals surface area contributed by atoms with Gasteiger partial charge in [-0.1, -0.05) is 18.2 Å². The second kappa shape index (κ2) is 8.10. The monoisotopic (exact) mass is 414 g/mol. The van der Waals surface area contributed by atoms with Gasteiger partial charge >= 0.3 is 0 Å². The van der Waals surface area contributed by atoms with E-state index in [2.05, 4.69) is 35.3 Å². The number of nitrogens with zero attached hydrogens (tertiary/aromatic N) is 7. The molecule has 1 fully saturated rings. The van der Waals surface area contributed by atoms with Gasteiger partial charge in [0.25, 0.3) is 0 Å². The first-order valence-corrected chi connectivity index (χ1v) is 10.3. The van der Waals surface area contributed by atoms with E-state index in [0.29, 0.717) is 12.4 Å². The molecule has 31 heavy (non-hydrogen) atoms. The number of rotatable bonds is 4. The molecule has 156 valence electrons. The zero-order valence-electron chi connectivity index (χ0n) is 17.1. The normalized spacial score (nSPS) is 16.4. The number of carbonyl (C=O) groups is 1. The topological polar surface area (TPSA) is 102 Å². The summed E-state index contributed by atoms with van der Waals surface area (Å²) < 4.78 is 1.59. The van der Waals surface area contributed by atoms with E-state index in [1.54, 1.807) is 11.0 Å². The van der Waals surface area contributed by atoms with Crippen LogP contribution in [0.25, 0.3) is 16.7 Å². The lowest BCUT2D eigenvalue weighted by Gasteiger charge is -2.33. The number of hydrogen-bond acceptors (Lipinski definition) is 7. The van der Waals surface area contributed by atoms with Crippen molar-refractivity contribution in [3.63, 3.8) is 0 Å². The minimum atomic E-state index is -0.134. The summed E-state index contributed by atoms with van der Waals surface area (Å²) in [7, 11) is 0. The van der Waals surface area contributed by atoms with Crippen molar-refractivity contribution in [3.05, 3.63) is 61.1 Å². The average molecular weight is 414 g/mol. The van der Waals surface area contributed by atoms with Crippen LogP contribution in [0.15, 0.2) is 55.4 Å². The number of nitrogens with one attached hydrogen (secondary N) is 1. The molecule has 4 aromatic rings. The minimum absolute atomic E-state index is 0.0195. The fourth-order valence-corrected chi connectivity index (χ4v) is 4.01. The number of piperidine rings is 1. The van der Waals surface area contributed by atoms with Crippen molar-refractivity contribution in [2.24, 2.45) is 5.92 Å². The van der Waals surface area contributed by atoms with Crippen LogP contribution in [-0.2, 0) is 4.79 Å². The van der Waals surface area contributed by atoms with Gasteiger partial charge in [0, 0.05) is 30.2 Å². The highest BCUT2D eigenvalue weighted by Gasteiger charge is 2.27. The van der Waals surface area contributed by atoms with E-state index in [9.17, 15) is 4.79 Å². The summed E-state index contributed by atoms with van der Waals surface area (Å²) in [5, 5.41) is 8.21. The molecule has 1 atom stereocenters. The van der Waals surface area contributed by atoms with Crippen LogP contribution in [0, 0.1) is 12.8 Å². The first kappa shape index (κ1) is 19.1. The van der Waals surface area contributed by atoms with Crippen LogP contribution in [0.5, 0.6) is 0 Å². The Labute approximate surface area is 179 Å². The Hall–Kier alpha value is -3.88. The van der Waals surface area contributed by atoms with Crippen molar-refractivity contribution in [2.75, 3.05) is 23.3 Å². The number of fused-ring (bicyclic) bond motifs is 1. The molecule has 0 saturated carbocycles. The Bertz CT molecular complexity index is 1220. The maximum Gasteiger partial charge on any atom is 0.229 e. The highest BCUT2D eigenvalue weighted by molar-refractivity contribution is 6.02. The summed E-state index contributed by atoms with van der Waals surface area (Å²) in [6.07, 6.45) is 6.33. The standard InChI is InChI=1S/C22H22N8O/c1-15-9-19(17-6-2-3-7-18(17)27-15)28-22(31)16-5-4-8-29(11-16)20-10-21(25-13-24-20)30-14-23-12-26-30/h2-3,6-7,9-10,12-14,16H,4-5,8,11H2,1H3,(H,27,28,31). The number of hydrogen-bond donors (Lipinski definition) is 1. The molecule has 1 saturated heterocycles. The molecule has 4 heterocycles. The zero-order chi connectivity index (χ0) is 21.2. The van der Waals surface area contributed by atoms with Gasteiger partial charge in [0.05, 0.1) is 17.1 Å². The number of aryl methyl sites for hydroxylation is 1. The molecule has 0 aliphatic carbocycles. The van der Waals surface area contributed by atoms with Gasteiger partial charge in [-0.3, -0.25) is 9.78 Å². The predicted octanol–water partition coefficient (Wildman–Crippen LogP) is 2.77. The second-order valence-corrected chi connectivity index (χ2v) is 7.68. The summed E-state index contributed by atoms with van der Waals surface area (Å²) in [6.45, 7) is 3.38. The van der Waals surface area contributed by atoms with Gasteiger partial charge in [-0.2, -0.15) is 5.10 Å². The molecule has 1 unspecified atom stereocenters. The number of benzene rings is 1. The van der Waals surface area contributed by atoms with Gasteiger partial charge < -0.3 is 10.2 Å². The van der Waals surface area contributed by atoms with Crippen molar-refractivity contribution >= 4 is 28.3 Å². The number of pyridine rings is 1. The number of aromatic nitrogens is 6. The van der Waals surface area contributed by atoms with Crippen molar-refractivity contribution in [1.82, 2.24) is 29.7 Å². The lowest BCUT2D eigenvalue weighted by atomic mass is 9.97. The van der Waals surface area contributed by atoms with Crippen LogP contribution in [-0.4, -0.2) is 48.7 Å². The maximum absolute atomic E-state index is 13.1. The Kier molecular flexibility index (Phi) is 4.99. The van der Waals surface area contributed by atoms with Gasteiger partial charge in [-0.15, -0.1) is 0 Å². The molecule has 1 aliphatic rings. The van der Waals surface area contributed by atoms with Gasteiger partial charge in [0.2, 0.25) is 5.91 Å². The van der Waals surface area contributed by atoms with Gasteiger partial charge in [-0.25, -0.2) is 19.6 Å². The first-order valence-electron chi connectivity index (χ1n) is 10.3. The first-order chi connectivity index (χ1) is 15.2. The number of amides is 1. The van der Waals surface area contributed by atoms with E-state index in [1.807, 2.05) is 43.3 Å². The molecule has 1 amide bonds. The molecular formula is C22H22N8O. The van der Waals surface area contributed by atoms with E-state index in [0.717, 1.165) is 47.5 Å². The molecule has 1 N–H and O–H groups in total. The van der Waals surface area contributed by atoms with Crippen molar-refractivity contribution in [3.8, 4) is 5.82 Å². The molecule has 1 aliphatic heterocycles. The van der Waals surface area contributed by atoms with Gasteiger partial charge in [-0.05, 0) is 31.9 Å². The third-order valence-electron chi connectivity index (χ3n) is 5.51. The van der Waals surface area contributed by atoms with Crippen LogP contribution < -0.4 is 10.2 Å². The molecular weight excluding hydrogens is 392 g/mol. The number of carbonyl (C=O) groups excluding carboxylic acids is 1. The van der Waals surface area contributed by atoms with E-state index in [4.69, 9.17) is 0 Å². The highest BCUT2D eigenvalue weighted by atomic mass is 16.1. The van der Waals surface area contributed by atoms with Gasteiger partial charge in [0.15, 0.2) is 5.82 Å². The van der Waals surface area contributed by atoms with E-state index in [1.165, 1.54) is 12.7 Å². The SMILES string of the molecule is Cc1cc(NC(=O)C2CCCN(c3cc(-n4cncn4)ncn3)C2)c2ccccc2n1. The van der Waals surface area contributed by atoms with E-state index < -0.39 is 0 Å². The molecule has 9 nitrogen and oxygen atoms in total. The highest BCUT2D eigenvalue weighted by Crippen LogP contribution is 2.26. The lowest BCUT2D eigenvalue weighted by Crippen LogP contribution is -2.41. The van der Waals surface area contributed by atoms with Crippen LogP contribution in [0.1, 0.15) is 18.5 Å². The summed E-state index contributed by atoms with van der Waals surface area (Å²) >= 11 is 0. The molecule has 9 heteroatoms. The predicted molar refractivity (Wildman–Crippen MR) is 117 cm³/mol. The molecule has 0 radical (unpaired) electrons. The van der Waals surface area contributed by atoms with E-state index >= 15 is 0 Å². The Balaban J connectivity index is 1.34. The zero-order valence-corrected chi connectivity index (χ0v) is 17.1. The fourth-order valence-electron chi connectivity index (χ4n) is 4.01. The lowest BCUT2D eigenvalue weighted by molar-refractivity contribution is -0.120. The summed E-state index contributed by atoms with van der Waals surface area (Å²) in [6, 6.07) is 11.7. The molecule has 1 aromatic carbocycles. The average Bonchev–Trinajstić information content (AvgIpc) is 3.34. The largest absolute Gasteiger partial charge is 0.356 e. The van der Waals surface area contributed by atoms with Crippen molar-refractivity contribution in [2.45, 2.75) is 19.8 Å². The summed E-state index contributed by atoms with van der Waals surface area (Å²) in [4.78, 5) is 32.5.